The lowest BCUT2D eigenvalue weighted by Crippen LogP contribution is -2.41. The van der Waals surface area contributed by atoms with Crippen LogP contribution in [0.3, 0.4) is 0 Å². The van der Waals surface area contributed by atoms with Crippen molar-refractivity contribution in [1.29, 1.82) is 0 Å². The first-order valence-corrected chi connectivity index (χ1v) is 6.32. The lowest BCUT2D eigenvalue weighted by Gasteiger charge is -2.06. The Bertz CT molecular complexity index is 515. The van der Waals surface area contributed by atoms with Crippen molar-refractivity contribution >= 4 is 34.0 Å². The minimum atomic E-state index is -0.862. The second-order valence-corrected chi connectivity index (χ2v) is 4.95. The highest BCUT2D eigenvalue weighted by Crippen LogP contribution is 2.19. The van der Waals surface area contributed by atoms with Gasteiger partial charge in [0, 0.05) is 16.1 Å². The predicted molar refractivity (Wildman–Crippen MR) is 74.8 cm³/mol. The van der Waals surface area contributed by atoms with E-state index in [-0.39, 0.29) is 11.8 Å². The summed E-state index contributed by atoms with van der Waals surface area (Å²) in [6, 6.07) is 4.65. The number of halogens is 1. The zero-order chi connectivity index (χ0) is 14.4. The van der Waals surface area contributed by atoms with Gasteiger partial charge >= 0.3 is 11.8 Å². The summed E-state index contributed by atoms with van der Waals surface area (Å²) >= 11 is 3.24. The first-order chi connectivity index (χ1) is 8.90. The fraction of sp³-hybridized carbons (Fsp3) is 0.250. The first kappa shape index (κ1) is 15.2. The van der Waals surface area contributed by atoms with Crippen LogP contribution in [0.25, 0.3) is 0 Å². The molecule has 3 N–H and O–H groups in total. The molecule has 0 aliphatic rings. The van der Waals surface area contributed by atoms with Gasteiger partial charge in [0.25, 0.3) is 0 Å². The van der Waals surface area contributed by atoms with E-state index >= 15 is 0 Å². The minimum Gasteiger partial charge on any atom is -0.507 e. The molecule has 0 bridgehead atoms. The van der Waals surface area contributed by atoms with Crippen LogP contribution in [0.5, 0.6) is 5.75 Å². The van der Waals surface area contributed by atoms with Gasteiger partial charge in [0.05, 0.1) is 6.21 Å². The van der Waals surface area contributed by atoms with Gasteiger partial charge in [-0.3, -0.25) is 9.59 Å². The molecule has 102 valence electrons. The number of nitrogens with zero attached hydrogens (tertiary/aromatic N) is 1. The SMILES string of the molecule is CC(C)NC(=O)C(=O)N/N=C/c1cc(Br)ccc1O. The van der Waals surface area contributed by atoms with Crippen LogP contribution in [0.2, 0.25) is 0 Å². The van der Waals surface area contributed by atoms with Crippen LogP contribution in [0.1, 0.15) is 19.4 Å². The Labute approximate surface area is 119 Å². The van der Waals surface area contributed by atoms with Crippen molar-refractivity contribution in [3.05, 3.63) is 28.2 Å². The number of benzene rings is 1. The number of hydrogen-bond donors (Lipinski definition) is 3. The Morgan fingerprint density at radius 1 is 1.37 bits per heavy atom. The van der Waals surface area contributed by atoms with Crippen molar-refractivity contribution in [2.75, 3.05) is 0 Å². The number of hydrogen-bond acceptors (Lipinski definition) is 4. The molecular formula is C12H14BrN3O3. The zero-order valence-electron chi connectivity index (χ0n) is 10.5. The number of phenols is 1. The molecule has 0 fully saturated rings. The van der Waals surface area contributed by atoms with Crippen LogP contribution in [0, 0.1) is 0 Å². The van der Waals surface area contributed by atoms with E-state index in [0.29, 0.717) is 5.56 Å². The van der Waals surface area contributed by atoms with Crippen molar-refractivity contribution < 1.29 is 14.7 Å². The minimum absolute atomic E-state index is 0.0211. The molecule has 0 aliphatic heterocycles. The molecular weight excluding hydrogens is 314 g/mol. The Morgan fingerprint density at radius 2 is 2.05 bits per heavy atom. The summed E-state index contributed by atoms with van der Waals surface area (Å²) in [5.74, 6) is -1.60. The van der Waals surface area contributed by atoms with E-state index in [1.54, 1.807) is 26.0 Å². The molecule has 2 amide bonds. The number of nitrogens with one attached hydrogen (secondary N) is 2. The predicted octanol–water partition coefficient (Wildman–Crippen LogP) is 1.13. The van der Waals surface area contributed by atoms with E-state index in [1.807, 2.05) is 0 Å². The van der Waals surface area contributed by atoms with Crippen LogP contribution >= 0.6 is 15.9 Å². The lowest BCUT2D eigenvalue weighted by atomic mass is 10.2. The van der Waals surface area contributed by atoms with E-state index in [4.69, 9.17) is 0 Å². The van der Waals surface area contributed by atoms with Gasteiger partial charge in [0.1, 0.15) is 5.75 Å². The monoisotopic (exact) mass is 327 g/mol. The number of carbonyl (C=O) groups excluding carboxylic acids is 2. The van der Waals surface area contributed by atoms with Crippen molar-refractivity contribution in [2.24, 2.45) is 5.10 Å². The molecule has 0 saturated carbocycles. The number of amides is 2. The summed E-state index contributed by atoms with van der Waals surface area (Å²) in [7, 11) is 0. The summed E-state index contributed by atoms with van der Waals surface area (Å²) in [5.41, 5.74) is 2.49. The molecule has 0 radical (unpaired) electrons. The molecule has 0 heterocycles. The number of aromatic hydroxyl groups is 1. The smallest absolute Gasteiger partial charge is 0.329 e. The highest BCUT2D eigenvalue weighted by Gasteiger charge is 2.12. The largest absolute Gasteiger partial charge is 0.507 e. The van der Waals surface area contributed by atoms with E-state index < -0.39 is 11.8 Å². The third kappa shape index (κ3) is 5.09. The maximum atomic E-state index is 11.3. The van der Waals surface area contributed by atoms with Crippen molar-refractivity contribution in [2.45, 2.75) is 19.9 Å². The molecule has 7 heteroatoms. The Kier molecular flexibility index (Phi) is 5.50. The molecule has 1 aromatic carbocycles. The average Bonchev–Trinajstić information content (AvgIpc) is 2.32. The molecule has 0 spiro atoms. The fourth-order valence-electron chi connectivity index (χ4n) is 1.17. The van der Waals surface area contributed by atoms with Crippen molar-refractivity contribution in [3.63, 3.8) is 0 Å². The number of phenolic OH excluding ortho intramolecular Hbond substituents is 1. The number of carbonyl (C=O) groups is 2. The van der Waals surface area contributed by atoms with Crippen LogP contribution in [0.15, 0.2) is 27.8 Å². The summed E-state index contributed by atoms with van der Waals surface area (Å²) in [6.45, 7) is 3.49. The second-order valence-electron chi connectivity index (χ2n) is 4.03. The van der Waals surface area contributed by atoms with E-state index in [0.717, 1.165) is 4.47 Å². The summed E-state index contributed by atoms with van der Waals surface area (Å²) in [5, 5.41) is 15.6. The van der Waals surface area contributed by atoms with Gasteiger partial charge in [0.15, 0.2) is 0 Å². The van der Waals surface area contributed by atoms with E-state index in [2.05, 4.69) is 31.8 Å². The molecule has 0 saturated heterocycles. The van der Waals surface area contributed by atoms with Crippen molar-refractivity contribution in [1.82, 2.24) is 10.7 Å². The Balaban J connectivity index is 2.61. The van der Waals surface area contributed by atoms with Gasteiger partial charge in [-0.15, -0.1) is 0 Å². The molecule has 0 aliphatic carbocycles. The van der Waals surface area contributed by atoms with Crippen LogP contribution in [-0.2, 0) is 9.59 Å². The Morgan fingerprint density at radius 3 is 2.68 bits per heavy atom. The highest BCUT2D eigenvalue weighted by atomic mass is 79.9. The molecule has 19 heavy (non-hydrogen) atoms. The van der Waals surface area contributed by atoms with Gasteiger partial charge < -0.3 is 10.4 Å². The van der Waals surface area contributed by atoms with Crippen molar-refractivity contribution in [3.8, 4) is 5.75 Å². The molecule has 1 aromatic rings. The number of rotatable bonds is 3. The molecule has 0 atom stereocenters. The van der Waals surface area contributed by atoms with Crippen LogP contribution < -0.4 is 10.7 Å². The third-order valence-electron chi connectivity index (χ3n) is 1.99. The van der Waals surface area contributed by atoms with E-state index in [1.165, 1.54) is 12.3 Å². The summed E-state index contributed by atoms with van der Waals surface area (Å²) in [4.78, 5) is 22.6. The van der Waals surface area contributed by atoms with Crippen LogP contribution in [0.4, 0.5) is 0 Å². The van der Waals surface area contributed by atoms with Gasteiger partial charge in [0.2, 0.25) is 0 Å². The quantitative estimate of drug-likeness (QED) is 0.441. The van der Waals surface area contributed by atoms with Gasteiger partial charge in [-0.25, -0.2) is 5.43 Å². The van der Waals surface area contributed by atoms with E-state index in [9.17, 15) is 14.7 Å². The summed E-state index contributed by atoms with van der Waals surface area (Å²) in [6.07, 6.45) is 1.25. The second kappa shape index (κ2) is 6.89. The Hall–Kier alpha value is -1.89. The van der Waals surface area contributed by atoms with Gasteiger partial charge in [-0.05, 0) is 32.0 Å². The maximum absolute atomic E-state index is 11.3. The molecule has 0 aromatic heterocycles. The lowest BCUT2D eigenvalue weighted by molar-refractivity contribution is -0.139. The standard InChI is InChI=1S/C12H14BrN3O3/c1-7(2)15-11(18)12(19)16-14-6-8-5-9(13)3-4-10(8)17/h3-7,17H,1-2H3,(H,15,18)(H,16,19)/b14-6+. The maximum Gasteiger partial charge on any atom is 0.329 e. The van der Waals surface area contributed by atoms with Gasteiger partial charge in [-0.1, -0.05) is 15.9 Å². The number of hydrazone groups is 1. The van der Waals surface area contributed by atoms with Gasteiger partial charge in [-0.2, -0.15) is 5.10 Å². The average molecular weight is 328 g/mol. The molecule has 6 nitrogen and oxygen atoms in total. The highest BCUT2D eigenvalue weighted by molar-refractivity contribution is 9.10. The zero-order valence-corrected chi connectivity index (χ0v) is 12.1. The molecule has 0 unspecified atom stereocenters. The third-order valence-corrected chi connectivity index (χ3v) is 2.48. The topological polar surface area (TPSA) is 90.8 Å². The van der Waals surface area contributed by atoms with Crippen LogP contribution in [-0.4, -0.2) is 29.2 Å². The summed E-state index contributed by atoms with van der Waals surface area (Å²) < 4.78 is 0.760. The molecule has 1 rings (SSSR count). The first-order valence-electron chi connectivity index (χ1n) is 5.52. The normalized spacial score (nSPS) is 10.7. The fourth-order valence-corrected chi connectivity index (χ4v) is 1.55.